The molecule has 72 heavy (non-hydrogen) atoms. The monoisotopic (exact) mass is 1020 g/mol. The lowest BCUT2D eigenvalue weighted by atomic mass is 10.0. The Bertz CT molecular complexity index is 1080. The van der Waals surface area contributed by atoms with Gasteiger partial charge in [0.05, 0.1) is 25.4 Å². The van der Waals surface area contributed by atoms with E-state index < -0.39 is 12.1 Å². The molecular weight excluding hydrogens is 887 g/mol. The van der Waals surface area contributed by atoms with Crippen LogP contribution in [-0.4, -0.2) is 47.4 Å². The molecule has 0 bridgehead atoms. The highest BCUT2D eigenvalue weighted by Gasteiger charge is 2.20. The molecule has 0 aliphatic heterocycles. The van der Waals surface area contributed by atoms with Crippen LogP contribution in [0.25, 0.3) is 0 Å². The van der Waals surface area contributed by atoms with Gasteiger partial charge >= 0.3 is 5.97 Å². The van der Waals surface area contributed by atoms with E-state index in [0.717, 1.165) is 44.9 Å². The van der Waals surface area contributed by atoms with E-state index in [1.807, 2.05) is 0 Å². The molecule has 0 radical (unpaired) electrons. The van der Waals surface area contributed by atoms with Crippen LogP contribution in [0.5, 0.6) is 0 Å². The summed E-state index contributed by atoms with van der Waals surface area (Å²) in [6.07, 6.45) is 75.2. The van der Waals surface area contributed by atoms with Crippen molar-refractivity contribution in [1.82, 2.24) is 5.32 Å². The molecule has 0 fully saturated rings. The van der Waals surface area contributed by atoms with E-state index in [-0.39, 0.29) is 18.5 Å². The van der Waals surface area contributed by atoms with Crippen molar-refractivity contribution in [2.24, 2.45) is 0 Å². The number of ether oxygens (including phenoxy) is 1. The van der Waals surface area contributed by atoms with Crippen molar-refractivity contribution < 1.29 is 24.5 Å². The molecule has 0 rings (SSSR count). The van der Waals surface area contributed by atoms with Crippen LogP contribution in [0.15, 0.2) is 12.2 Å². The first-order chi connectivity index (χ1) is 35.5. The maximum absolute atomic E-state index is 12.5. The Morgan fingerprint density at radius 3 is 0.986 bits per heavy atom. The van der Waals surface area contributed by atoms with Crippen LogP contribution < -0.4 is 5.32 Å². The van der Waals surface area contributed by atoms with Gasteiger partial charge in [0.1, 0.15) is 0 Å². The van der Waals surface area contributed by atoms with Crippen LogP contribution in [-0.2, 0) is 14.3 Å². The summed E-state index contributed by atoms with van der Waals surface area (Å²) in [6.45, 7) is 4.98. The van der Waals surface area contributed by atoms with E-state index in [4.69, 9.17) is 4.74 Å². The number of rotatable bonds is 62. The third-order valence-corrected chi connectivity index (χ3v) is 15.6. The number of carbonyl (C=O) groups excluding carboxylic acids is 2. The first-order valence-electron chi connectivity index (χ1n) is 32.9. The highest BCUT2D eigenvalue weighted by molar-refractivity contribution is 5.76. The number of esters is 1. The first kappa shape index (κ1) is 70.6. The minimum absolute atomic E-state index is 0.0113. The van der Waals surface area contributed by atoms with Gasteiger partial charge in [-0.05, 0) is 51.4 Å². The van der Waals surface area contributed by atoms with Gasteiger partial charge in [0.25, 0.3) is 0 Å². The molecule has 2 atom stereocenters. The maximum Gasteiger partial charge on any atom is 0.305 e. The summed E-state index contributed by atoms with van der Waals surface area (Å²) in [4.78, 5) is 24.6. The van der Waals surface area contributed by atoms with Crippen molar-refractivity contribution in [3.05, 3.63) is 12.2 Å². The van der Waals surface area contributed by atoms with Gasteiger partial charge in [-0.25, -0.2) is 0 Å². The van der Waals surface area contributed by atoms with Crippen LogP contribution >= 0.6 is 0 Å². The third-order valence-electron chi connectivity index (χ3n) is 15.6. The lowest BCUT2D eigenvalue weighted by molar-refractivity contribution is -0.143. The number of hydrogen-bond acceptors (Lipinski definition) is 5. The summed E-state index contributed by atoms with van der Waals surface area (Å²) < 4.78 is 5.50. The molecule has 0 spiro atoms. The van der Waals surface area contributed by atoms with Crippen molar-refractivity contribution in [1.29, 1.82) is 0 Å². The molecule has 428 valence electrons. The van der Waals surface area contributed by atoms with E-state index in [1.165, 1.54) is 295 Å². The van der Waals surface area contributed by atoms with Gasteiger partial charge in [-0.3, -0.25) is 9.59 Å². The predicted molar refractivity (Wildman–Crippen MR) is 315 cm³/mol. The van der Waals surface area contributed by atoms with E-state index in [2.05, 4.69) is 31.3 Å². The zero-order valence-electron chi connectivity index (χ0n) is 48.9. The smallest absolute Gasteiger partial charge is 0.305 e. The molecule has 6 nitrogen and oxygen atoms in total. The van der Waals surface area contributed by atoms with Crippen LogP contribution in [0, 0.1) is 0 Å². The van der Waals surface area contributed by atoms with Gasteiger partial charge in [-0.1, -0.05) is 321 Å². The van der Waals surface area contributed by atoms with E-state index in [1.54, 1.807) is 0 Å². The third kappa shape index (κ3) is 57.9. The Kier molecular flexibility index (Phi) is 60.9. The molecule has 0 saturated carbocycles. The Balaban J connectivity index is 3.35. The number of amides is 1. The fourth-order valence-corrected chi connectivity index (χ4v) is 10.5. The molecular formula is C66H129NO5. The van der Waals surface area contributed by atoms with Gasteiger partial charge in [0.2, 0.25) is 5.91 Å². The topological polar surface area (TPSA) is 95.9 Å². The van der Waals surface area contributed by atoms with Crippen LogP contribution in [0.4, 0.5) is 0 Å². The normalized spacial score (nSPS) is 12.6. The Hall–Kier alpha value is -1.40. The first-order valence-corrected chi connectivity index (χ1v) is 32.9. The number of carbonyl (C=O) groups is 2. The van der Waals surface area contributed by atoms with Gasteiger partial charge in [0, 0.05) is 12.8 Å². The quantitative estimate of drug-likeness (QED) is 0.0320. The molecule has 0 aromatic carbocycles. The average molecular weight is 1020 g/mol. The summed E-state index contributed by atoms with van der Waals surface area (Å²) in [5.74, 6) is -0.0210. The summed E-state index contributed by atoms with van der Waals surface area (Å²) in [6, 6.07) is -0.541. The minimum Gasteiger partial charge on any atom is -0.466 e. The number of hydrogen-bond donors (Lipinski definition) is 3. The highest BCUT2D eigenvalue weighted by atomic mass is 16.5. The van der Waals surface area contributed by atoms with Gasteiger partial charge in [-0.15, -0.1) is 0 Å². The van der Waals surface area contributed by atoms with E-state index in [9.17, 15) is 19.8 Å². The molecule has 0 aromatic rings. The lowest BCUT2D eigenvalue weighted by Gasteiger charge is -2.22. The number of nitrogens with one attached hydrogen (secondary N) is 1. The second-order valence-electron chi connectivity index (χ2n) is 22.8. The van der Waals surface area contributed by atoms with Crippen molar-refractivity contribution >= 4 is 11.9 Å². The maximum atomic E-state index is 12.5. The molecule has 1 amide bonds. The highest BCUT2D eigenvalue weighted by Crippen LogP contribution is 2.18. The van der Waals surface area contributed by atoms with E-state index >= 15 is 0 Å². The largest absolute Gasteiger partial charge is 0.466 e. The second kappa shape index (κ2) is 62.1. The summed E-state index contributed by atoms with van der Waals surface area (Å²) in [5.41, 5.74) is 0. The van der Waals surface area contributed by atoms with Crippen molar-refractivity contribution in [2.75, 3.05) is 13.2 Å². The molecule has 0 aliphatic rings. The summed E-state index contributed by atoms with van der Waals surface area (Å²) in [5, 5.41) is 23.3. The Morgan fingerprint density at radius 1 is 0.375 bits per heavy atom. The van der Waals surface area contributed by atoms with Gasteiger partial charge in [-0.2, -0.15) is 0 Å². The number of aliphatic hydroxyl groups is 2. The number of allylic oxidation sites excluding steroid dienone is 2. The van der Waals surface area contributed by atoms with Crippen LogP contribution in [0.2, 0.25) is 0 Å². The molecule has 0 heterocycles. The van der Waals surface area contributed by atoms with E-state index in [0.29, 0.717) is 25.9 Å². The molecule has 6 heteroatoms. The van der Waals surface area contributed by atoms with Crippen molar-refractivity contribution in [2.45, 2.75) is 386 Å². The van der Waals surface area contributed by atoms with Crippen molar-refractivity contribution in [3.63, 3.8) is 0 Å². The minimum atomic E-state index is -0.664. The predicted octanol–water partition coefficient (Wildman–Crippen LogP) is 20.8. The zero-order valence-corrected chi connectivity index (χ0v) is 48.9. The molecule has 0 aromatic heterocycles. The van der Waals surface area contributed by atoms with Crippen LogP contribution in [0.1, 0.15) is 373 Å². The standard InChI is InChI=1S/C66H129NO5/c1-3-5-7-9-11-13-15-17-19-20-28-32-36-40-44-48-52-56-60-66(71)72-61-57-53-49-45-41-37-33-29-26-24-22-21-23-25-27-31-35-39-43-47-51-55-59-65(70)67-63(62-68)64(69)58-54-50-46-42-38-34-30-18-16-14-12-10-8-6-4-2/h19-20,63-64,68-69H,3-18,21-62H2,1-2H3,(H,67,70)/b20-19-. The molecule has 2 unspecified atom stereocenters. The zero-order chi connectivity index (χ0) is 52.2. The second-order valence-corrected chi connectivity index (χ2v) is 22.8. The molecule has 0 saturated heterocycles. The lowest BCUT2D eigenvalue weighted by Crippen LogP contribution is -2.45. The fourth-order valence-electron chi connectivity index (χ4n) is 10.5. The van der Waals surface area contributed by atoms with Crippen LogP contribution in [0.3, 0.4) is 0 Å². The van der Waals surface area contributed by atoms with Gasteiger partial charge in [0.15, 0.2) is 0 Å². The summed E-state index contributed by atoms with van der Waals surface area (Å²) in [7, 11) is 0. The molecule has 0 aliphatic carbocycles. The Labute approximate surface area is 450 Å². The fraction of sp³-hybridized carbons (Fsp3) is 0.939. The molecule has 3 N–H and O–H groups in total. The SMILES string of the molecule is CCCCCCCCC/C=C\CCCCCCCCCC(=O)OCCCCCCCCCCCCCCCCCCCCCCCCC(=O)NC(CO)C(O)CCCCCCCCCCCCCCCCC. The average Bonchev–Trinajstić information content (AvgIpc) is 3.38. The van der Waals surface area contributed by atoms with Gasteiger partial charge < -0.3 is 20.3 Å². The van der Waals surface area contributed by atoms with Crippen molar-refractivity contribution in [3.8, 4) is 0 Å². The number of unbranched alkanes of at least 4 members (excludes halogenated alkanes) is 49. The summed E-state index contributed by atoms with van der Waals surface area (Å²) >= 11 is 0. The number of aliphatic hydroxyl groups excluding tert-OH is 2. The Morgan fingerprint density at radius 2 is 0.653 bits per heavy atom.